The summed E-state index contributed by atoms with van der Waals surface area (Å²) in [5, 5.41) is 9.48. The molecule has 19 heavy (non-hydrogen) atoms. The van der Waals surface area contributed by atoms with E-state index in [0.717, 1.165) is 44.5 Å². The lowest BCUT2D eigenvalue weighted by atomic mass is 9.89. The van der Waals surface area contributed by atoms with E-state index in [1.54, 1.807) is 12.1 Å². The van der Waals surface area contributed by atoms with Crippen LogP contribution in [0.3, 0.4) is 0 Å². The van der Waals surface area contributed by atoms with Crippen LogP contribution in [0.2, 0.25) is 5.02 Å². The van der Waals surface area contributed by atoms with Crippen molar-refractivity contribution in [3.05, 3.63) is 34.9 Å². The van der Waals surface area contributed by atoms with E-state index in [2.05, 4.69) is 4.90 Å². The highest BCUT2D eigenvalue weighted by atomic mass is 35.5. The molecule has 1 N–H and O–H groups in total. The summed E-state index contributed by atoms with van der Waals surface area (Å²) < 4.78 is 0. The number of hydrogen-bond acceptors (Lipinski definition) is 3. The van der Waals surface area contributed by atoms with Crippen molar-refractivity contribution in [2.45, 2.75) is 19.3 Å². The number of likely N-dealkylation sites (tertiary alicyclic amines) is 1. The number of Topliss-reactive ketones (excluding diaryl/α,β-unsaturated/α-hetero) is 1. The summed E-state index contributed by atoms with van der Waals surface area (Å²) in [7, 11) is 0. The Morgan fingerprint density at radius 2 is 1.89 bits per heavy atom. The number of rotatable bonds is 5. The first kappa shape index (κ1) is 14.5. The summed E-state index contributed by atoms with van der Waals surface area (Å²) in [6.45, 7) is 3.07. The quantitative estimate of drug-likeness (QED) is 0.844. The molecule has 1 heterocycles. The van der Waals surface area contributed by atoms with Crippen molar-refractivity contribution in [3.63, 3.8) is 0 Å². The summed E-state index contributed by atoms with van der Waals surface area (Å²) in [4.78, 5) is 14.7. The first-order valence-electron chi connectivity index (χ1n) is 6.83. The van der Waals surface area contributed by atoms with E-state index < -0.39 is 0 Å². The standard InChI is InChI=1S/C15H20ClNO2/c16-14-4-2-12(3-5-14)15(19)13-6-9-17(10-7-13)8-1-11-18/h2-5,13,18H,1,6-11H2. The third kappa shape index (κ3) is 4.03. The molecule has 0 amide bonds. The molecule has 2 rings (SSSR count). The number of halogens is 1. The fourth-order valence-corrected chi connectivity index (χ4v) is 2.69. The van der Waals surface area contributed by atoms with Crippen LogP contribution in [0.25, 0.3) is 0 Å². The minimum Gasteiger partial charge on any atom is -0.396 e. The van der Waals surface area contributed by atoms with Crippen molar-refractivity contribution >= 4 is 17.4 Å². The third-order valence-electron chi connectivity index (χ3n) is 3.72. The van der Waals surface area contributed by atoms with Gasteiger partial charge < -0.3 is 10.0 Å². The Hall–Kier alpha value is -0.900. The molecular weight excluding hydrogens is 262 g/mol. The number of benzene rings is 1. The number of aliphatic hydroxyl groups is 1. The SMILES string of the molecule is O=C(c1ccc(Cl)cc1)C1CCN(CCCO)CC1. The van der Waals surface area contributed by atoms with Gasteiger partial charge in [-0.2, -0.15) is 0 Å². The molecule has 0 aromatic heterocycles. The van der Waals surface area contributed by atoms with Crippen LogP contribution in [0.15, 0.2) is 24.3 Å². The van der Waals surface area contributed by atoms with E-state index in [9.17, 15) is 4.79 Å². The van der Waals surface area contributed by atoms with Crippen LogP contribution in [0.4, 0.5) is 0 Å². The molecule has 0 unspecified atom stereocenters. The van der Waals surface area contributed by atoms with Gasteiger partial charge in [0, 0.05) is 29.7 Å². The topological polar surface area (TPSA) is 40.5 Å². The lowest BCUT2D eigenvalue weighted by Crippen LogP contribution is -2.37. The molecule has 0 aliphatic carbocycles. The van der Waals surface area contributed by atoms with Gasteiger partial charge in [0.25, 0.3) is 0 Å². The fraction of sp³-hybridized carbons (Fsp3) is 0.533. The smallest absolute Gasteiger partial charge is 0.166 e. The molecule has 104 valence electrons. The number of carbonyl (C=O) groups excluding carboxylic acids is 1. The van der Waals surface area contributed by atoms with Gasteiger partial charge in [-0.1, -0.05) is 11.6 Å². The number of ketones is 1. The van der Waals surface area contributed by atoms with E-state index >= 15 is 0 Å². The van der Waals surface area contributed by atoms with Gasteiger partial charge in [0.05, 0.1) is 0 Å². The highest BCUT2D eigenvalue weighted by molar-refractivity contribution is 6.30. The molecule has 0 spiro atoms. The van der Waals surface area contributed by atoms with E-state index in [1.807, 2.05) is 12.1 Å². The van der Waals surface area contributed by atoms with Crippen molar-refractivity contribution in [3.8, 4) is 0 Å². The maximum Gasteiger partial charge on any atom is 0.166 e. The van der Waals surface area contributed by atoms with Crippen LogP contribution in [-0.2, 0) is 0 Å². The minimum absolute atomic E-state index is 0.131. The van der Waals surface area contributed by atoms with Crippen LogP contribution in [0, 0.1) is 5.92 Å². The normalized spacial score (nSPS) is 17.6. The predicted molar refractivity (Wildman–Crippen MR) is 76.6 cm³/mol. The minimum atomic E-state index is 0.131. The average molecular weight is 282 g/mol. The van der Waals surface area contributed by atoms with Gasteiger partial charge >= 0.3 is 0 Å². The molecule has 0 radical (unpaired) electrons. The second kappa shape index (κ2) is 7.04. The predicted octanol–water partition coefficient (Wildman–Crippen LogP) is 2.62. The van der Waals surface area contributed by atoms with Crippen molar-refractivity contribution in [2.75, 3.05) is 26.2 Å². The van der Waals surface area contributed by atoms with E-state index in [-0.39, 0.29) is 18.3 Å². The van der Waals surface area contributed by atoms with E-state index in [4.69, 9.17) is 16.7 Å². The largest absolute Gasteiger partial charge is 0.396 e. The first-order valence-corrected chi connectivity index (χ1v) is 7.21. The fourth-order valence-electron chi connectivity index (χ4n) is 2.56. The van der Waals surface area contributed by atoms with Crippen LogP contribution in [0.1, 0.15) is 29.6 Å². The van der Waals surface area contributed by atoms with Crippen molar-refractivity contribution in [2.24, 2.45) is 5.92 Å². The van der Waals surface area contributed by atoms with Gasteiger partial charge in [-0.3, -0.25) is 4.79 Å². The van der Waals surface area contributed by atoms with Crippen molar-refractivity contribution in [1.29, 1.82) is 0 Å². The Morgan fingerprint density at radius 1 is 1.26 bits per heavy atom. The molecule has 1 aliphatic heterocycles. The zero-order valence-electron chi connectivity index (χ0n) is 11.0. The van der Waals surface area contributed by atoms with Crippen LogP contribution >= 0.6 is 11.6 Å². The summed E-state index contributed by atoms with van der Waals surface area (Å²) in [6, 6.07) is 7.15. The number of nitrogens with zero attached hydrogens (tertiary/aromatic N) is 1. The average Bonchev–Trinajstić information content (AvgIpc) is 2.46. The van der Waals surface area contributed by atoms with Crippen molar-refractivity contribution < 1.29 is 9.90 Å². The molecular formula is C15H20ClNO2. The second-order valence-electron chi connectivity index (χ2n) is 5.06. The van der Waals surface area contributed by atoms with Gasteiger partial charge in [0.1, 0.15) is 0 Å². The zero-order chi connectivity index (χ0) is 13.7. The van der Waals surface area contributed by atoms with Crippen LogP contribution < -0.4 is 0 Å². The van der Waals surface area contributed by atoms with Gasteiger partial charge in [-0.15, -0.1) is 0 Å². The number of aliphatic hydroxyl groups excluding tert-OH is 1. The van der Waals surface area contributed by atoms with Gasteiger partial charge in [-0.25, -0.2) is 0 Å². The Kier molecular flexibility index (Phi) is 5.37. The second-order valence-corrected chi connectivity index (χ2v) is 5.50. The molecule has 1 aliphatic rings. The van der Waals surface area contributed by atoms with Gasteiger partial charge in [0.15, 0.2) is 5.78 Å². The number of piperidine rings is 1. The third-order valence-corrected chi connectivity index (χ3v) is 3.97. The molecule has 0 saturated carbocycles. The summed E-state index contributed by atoms with van der Waals surface area (Å²) in [6.07, 6.45) is 2.63. The highest BCUT2D eigenvalue weighted by Crippen LogP contribution is 2.22. The number of carbonyl (C=O) groups is 1. The van der Waals surface area contributed by atoms with Crippen LogP contribution in [-0.4, -0.2) is 42.0 Å². The zero-order valence-corrected chi connectivity index (χ0v) is 11.8. The Labute approximate surface area is 119 Å². The molecule has 1 aromatic carbocycles. The molecule has 0 bridgehead atoms. The molecule has 1 aromatic rings. The van der Waals surface area contributed by atoms with E-state index in [0.29, 0.717) is 5.02 Å². The monoisotopic (exact) mass is 281 g/mol. The lowest BCUT2D eigenvalue weighted by molar-refractivity contribution is 0.0834. The molecule has 3 nitrogen and oxygen atoms in total. The van der Waals surface area contributed by atoms with Crippen molar-refractivity contribution in [1.82, 2.24) is 4.90 Å². The Morgan fingerprint density at radius 3 is 2.47 bits per heavy atom. The molecule has 1 fully saturated rings. The summed E-state index contributed by atoms with van der Waals surface area (Å²) in [5.41, 5.74) is 0.762. The Bertz CT molecular complexity index is 411. The summed E-state index contributed by atoms with van der Waals surface area (Å²) >= 11 is 5.83. The van der Waals surface area contributed by atoms with E-state index in [1.165, 1.54) is 0 Å². The maximum atomic E-state index is 12.3. The maximum absolute atomic E-state index is 12.3. The summed E-state index contributed by atoms with van der Waals surface area (Å²) in [5.74, 6) is 0.366. The lowest BCUT2D eigenvalue weighted by Gasteiger charge is -2.31. The number of hydrogen-bond donors (Lipinski definition) is 1. The molecule has 4 heteroatoms. The Balaban J connectivity index is 1.87. The molecule has 1 saturated heterocycles. The van der Waals surface area contributed by atoms with Gasteiger partial charge in [0.2, 0.25) is 0 Å². The first-order chi connectivity index (χ1) is 9.20. The van der Waals surface area contributed by atoms with Gasteiger partial charge in [-0.05, 0) is 56.6 Å². The van der Waals surface area contributed by atoms with Crippen LogP contribution in [0.5, 0.6) is 0 Å². The molecule has 0 atom stereocenters. The highest BCUT2D eigenvalue weighted by Gasteiger charge is 2.25.